The lowest BCUT2D eigenvalue weighted by atomic mass is 10.1. The van der Waals surface area contributed by atoms with Crippen LogP contribution < -0.4 is 5.73 Å². The summed E-state index contributed by atoms with van der Waals surface area (Å²) in [5, 5.41) is 1.37. The minimum atomic E-state index is -0.224. The molecule has 0 saturated heterocycles. The van der Waals surface area contributed by atoms with Gasteiger partial charge in [0.25, 0.3) is 0 Å². The summed E-state index contributed by atoms with van der Waals surface area (Å²) in [7, 11) is 0. The molecular weight excluding hydrogens is 274 g/mol. The van der Waals surface area contributed by atoms with Crippen LogP contribution in [0.2, 0.25) is 5.02 Å². The van der Waals surface area contributed by atoms with Crippen molar-refractivity contribution in [3.05, 3.63) is 58.5 Å². The van der Waals surface area contributed by atoms with Crippen LogP contribution in [0.3, 0.4) is 0 Å². The maximum atomic E-state index is 12.5. The second-order valence-corrected chi connectivity index (χ2v) is 5.03. The lowest BCUT2D eigenvalue weighted by Crippen LogP contribution is -2.07. The van der Waals surface area contributed by atoms with Gasteiger partial charge in [-0.1, -0.05) is 17.7 Å². The predicted molar refractivity (Wildman–Crippen MR) is 80.1 cm³/mol. The van der Waals surface area contributed by atoms with Crippen LogP contribution in [0, 0.1) is 6.92 Å². The van der Waals surface area contributed by atoms with E-state index in [-0.39, 0.29) is 5.78 Å². The summed E-state index contributed by atoms with van der Waals surface area (Å²) in [6, 6.07) is 10.6. The molecule has 0 saturated carbocycles. The van der Waals surface area contributed by atoms with Crippen molar-refractivity contribution in [1.82, 2.24) is 9.97 Å². The van der Waals surface area contributed by atoms with Gasteiger partial charge < -0.3 is 10.7 Å². The Morgan fingerprint density at radius 3 is 2.85 bits per heavy atom. The van der Waals surface area contributed by atoms with Gasteiger partial charge in [0.1, 0.15) is 11.4 Å². The molecule has 20 heavy (non-hydrogen) atoms. The van der Waals surface area contributed by atoms with Crippen LogP contribution in [0.15, 0.2) is 36.4 Å². The van der Waals surface area contributed by atoms with Crippen LogP contribution in [0.25, 0.3) is 10.9 Å². The van der Waals surface area contributed by atoms with Gasteiger partial charge in [-0.3, -0.25) is 4.79 Å². The van der Waals surface area contributed by atoms with Gasteiger partial charge in [-0.2, -0.15) is 0 Å². The quantitative estimate of drug-likeness (QED) is 0.709. The first-order valence-corrected chi connectivity index (χ1v) is 6.49. The number of pyridine rings is 1. The number of benzene rings is 1. The van der Waals surface area contributed by atoms with E-state index in [9.17, 15) is 4.79 Å². The largest absolute Gasteiger partial charge is 0.396 e. The molecule has 100 valence electrons. The van der Waals surface area contributed by atoms with E-state index >= 15 is 0 Å². The summed E-state index contributed by atoms with van der Waals surface area (Å²) >= 11 is 5.94. The molecule has 0 aliphatic carbocycles. The molecule has 2 aromatic heterocycles. The van der Waals surface area contributed by atoms with E-state index in [0.717, 1.165) is 16.6 Å². The van der Waals surface area contributed by atoms with Crippen LogP contribution in [-0.2, 0) is 0 Å². The van der Waals surface area contributed by atoms with Gasteiger partial charge in [-0.25, -0.2) is 4.98 Å². The van der Waals surface area contributed by atoms with E-state index < -0.39 is 0 Å². The van der Waals surface area contributed by atoms with Gasteiger partial charge in [0, 0.05) is 21.6 Å². The van der Waals surface area contributed by atoms with Crippen LogP contribution in [0.1, 0.15) is 21.9 Å². The van der Waals surface area contributed by atoms with Crippen molar-refractivity contribution < 1.29 is 4.79 Å². The van der Waals surface area contributed by atoms with Crippen LogP contribution >= 0.6 is 11.6 Å². The highest BCUT2D eigenvalue weighted by Gasteiger charge is 2.18. The predicted octanol–water partition coefficient (Wildman–Crippen LogP) is 3.34. The van der Waals surface area contributed by atoms with Crippen LogP contribution in [0.5, 0.6) is 0 Å². The molecule has 0 radical (unpaired) electrons. The number of aromatic amines is 1. The molecule has 0 atom stereocenters. The fourth-order valence-electron chi connectivity index (χ4n) is 2.17. The Balaban J connectivity index is 2.14. The molecule has 0 fully saturated rings. The number of aromatic nitrogens is 2. The summed E-state index contributed by atoms with van der Waals surface area (Å²) in [5.74, 6) is -0.224. The number of H-pyrrole nitrogens is 1. The monoisotopic (exact) mass is 285 g/mol. The molecule has 3 N–H and O–H groups in total. The maximum Gasteiger partial charge on any atom is 0.229 e. The number of aryl methyl sites for hydroxylation is 1. The van der Waals surface area contributed by atoms with Crippen LogP contribution in [0.4, 0.5) is 5.69 Å². The fraction of sp³-hybridized carbons (Fsp3) is 0.0667. The van der Waals surface area contributed by atoms with Crippen molar-refractivity contribution in [2.45, 2.75) is 6.92 Å². The number of anilines is 1. The maximum absolute atomic E-state index is 12.5. The lowest BCUT2D eigenvalue weighted by molar-refractivity contribution is 0.103. The van der Waals surface area contributed by atoms with Crippen molar-refractivity contribution in [3.63, 3.8) is 0 Å². The van der Waals surface area contributed by atoms with Gasteiger partial charge >= 0.3 is 0 Å². The van der Waals surface area contributed by atoms with Gasteiger partial charge in [-0.05, 0) is 37.3 Å². The van der Waals surface area contributed by atoms with E-state index in [2.05, 4.69) is 9.97 Å². The highest BCUT2D eigenvalue weighted by molar-refractivity contribution is 6.31. The molecule has 0 unspecified atom stereocenters. The van der Waals surface area contributed by atoms with E-state index in [0.29, 0.717) is 22.1 Å². The number of ketones is 1. The molecule has 5 heteroatoms. The molecule has 0 amide bonds. The number of nitrogens with one attached hydrogen (secondary N) is 1. The summed E-state index contributed by atoms with van der Waals surface area (Å²) in [5.41, 5.74) is 8.71. The number of halogens is 1. The Morgan fingerprint density at radius 1 is 1.30 bits per heavy atom. The number of nitrogens with two attached hydrogens (primary N) is 1. The number of hydrogen-bond acceptors (Lipinski definition) is 3. The first kappa shape index (κ1) is 12.7. The van der Waals surface area contributed by atoms with Gasteiger partial charge in [-0.15, -0.1) is 0 Å². The standard InChI is InChI=1S/C15H12ClN3O/c1-8-3-2-4-11(18-8)15(20)14-13(17)10-6-5-9(16)7-12(10)19-14/h2-7,19H,17H2,1H3. The third-order valence-corrected chi connectivity index (χ3v) is 3.38. The van der Waals surface area contributed by atoms with Crippen LogP contribution in [-0.4, -0.2) is 15.8 Å². The number of carbonyl (C=O) groups excluding carboxylic acids is 1. The molecular formula is C15H12ClN3O. The zero-order chi connectivity index (χ0) is 14.3. The summed E-state index contributed by atoms with van der Waals surface area (Å²) < 4.78 is 0. The number of nitrogens with zero attached hydrogens (tertiary/aromatic N) is 1. The summed E-state index contributed by atoms with van der Waals surface area (Å²) in [4.78, 5) is 19.7. The Kier molecular flexibility index (Phi) is 2.95. The van der Waals surface area contributed by atoms with Crippen molar-refractivity contribution in [3.8, 4) is 0 Å². The van der Waals surface area contributed by atoms with Crippen molar-refractivity contribution in [2.75, 3.05) is 5.73 Å². The lowest BCUT2D eigenvalue weighted by Gasteiger charge is -2.00. The molecule has 0 bridgehead atoms. The second kappa shape index (κ2) is 4.65. The third-order valence-electron chi connectivity index (χ3n) is 3.15. The minimum Gasteiger partial charge on any atom is -0.396 e. The Hall–Kier alpha value is -2.33. The van der Waals surface area contributed by atoms with Crippen molar-refractivity contribution >= 4 is 34.0 Å². The number of carbonyl (C=O) groups is 1. The van der Waals surface area contributed by atoms with E-state index in [1.54, 1.807) is 30.3 Å². The molecule has 0 spiro atoms. The SMILES string of the molecule is Cc1cccc(C(=O)c2[nH]c3cc(Cl)ccc3c2N)n1. The number of fused-ring (bicyclic) bond motifs is 1. The first-order chi connectivity index (χ1) is 9.56. The third kappa shape index (κ3) is 2.04. The van der Waals surface area contributed by atoms with Gasteiger partial charge in [0.2, 0.25) is 5.78 Å². The number of hydrogen-bond donors (Lipinski definition) is 2. The first-order valence-electron chi connectivity index (χ1n) is 6.11. The molecule has 3 rings (SSSR count). The second-order valence-electron chi connectivity index (χ2n) is 4.60. The summed E-state index contributed by atoms with van der Waals surface area (Å²) in [6.07, 6.45) is 0. The highest BCUT2D eigenvalue weighted by Crippen LogP contribution is 2.28. The van der Waals surface area contributed by atoms with Gasteiger partial charge in [0.15, 0.2) is 0 Å². The van der Waals surface area contributed by atoms with Crippen molar-refractivity contribution in [2.24, 2.45) is 0 Å². The fourth-order valence-corrected chi connectivity index (χ4v) is 2.34. The summed E-state index contributed by atoms with van der Waals surface area (Å²) in [6.45, 7) is 1.84. The van der Waals surface area contributed by atoms with E-state index in [4.69, 9.17) is 17.3 Å². The Bertz CT molecular complexity index is 823. The highest BCUT2D eigenvalue weighted by atomic mass is 35.5. The molecule has 4 nitrogen and oxygen atoms in total. The average Bonchev–Trinajstić information content (AvgIpc) is 2.74. The normalized spacial score (nSPS) is 10.9. The van der Waals surface area contributed by atoms with E-state index in [1.165, 1.54) is 0 Å². The zero-order valence-electron chi connectivity index (χ0n) is 10.8. The molecule has 0 aliphatic heterocycles. The van der Waals surface area contributed by atoms with Crippen molar-refractivity contribution in [1.29, 1.82) is 0 Å². The number of nitrogen functional groups attached to an aromatic ring is 1. The number of rotatable bonds is 2. The zero-order valence-corrected chi connectivity index (χ0v) is 11.5. The minimum absolute atomic E-state index is 0.224. The molecule has 2 heterocycles. The Morgan fingerprint density at radius 2 is 2.10 bits per heavy atom. The average molecular weight is 286 g/mol. The topological polar surface area (TPSA) is 71.8 Å². The van der Waals surface area contributed by atoms with Gasteiger partial charge in [0.05, 0.1) is 5.69 Å². The Labute approximate surface area is 120 Å². The molecule has 3 aromatic rings. The van der Waals surface area contributed by atoms with E-state index in [1.807, 2.05) is 13.0 Å². The smallest absolute Gasteiger partial charge is 0.229 e. The molecule has 1 aromatic carbocycles. The molecule has 0 aliphatic rings.